The van der Waals surface area contributed by atoms with Gasteiger partial charge >= 0.3 is 0 Å². The van der Waals surface area contributed by atoms with Gasteiger partial charge in [-0.05, 0) is 43.5 Å². The second-order valence-corrected chi connectivity index (χ2v) is 5.55. The molecule has 1 N–H and O–H groups in total. The number of benzene rings is 2. The van der Waals surface area contributed by atoms with Crippen molar-refractivity contribution in [1.29, 1.82) is 0 Å². The molecule has 1 atom stereocenters. The quantitative estimate of drug-likeness (QED) is 0.880. The van der Waals surface area contributed by atoms with Gasteiger partial charge in [0.15, 0.2) is 0 Å². The average Bonchev–Trinajstić information content (AvgIpc) is 2.54. The Kier molecular flexibility index (Phi) is 5.59. The molecule has 22 heavy (non-hydrogen) atoms. The normalized spacial score (nSPS) is 11.8. The van der Waals surface area contributed by atoms with Gasteiger partial charge in [0, 0.05) is 6.42 Å². The number of hydrogen-bond acceptors (Lipinski definition) is 2. The number of nitrogens with one attached hydrogen (secondary N) is 1. The van der Waals surface area contributed by atoms with Gasteiger partial charge in [0.1, 0.15) is 5.75 Å². The van der Waals surface area contributed by atoms with Crippen molar-refractivity contribution in [2.24, 2.45) is 0 Å². The van der Waals surface area contributed by atoms with Gasteiger partial charge in [-0.1, -0.05) is 42.0 Å². The summed E-state index contributed by atoms with van der Waals surface area (Å²) >= 11 is 0. The first-order valence-electron chi connectivity index (χ1n) is 7.57. The Morgan fingerprint density at radius 3 is 2.32 bits per heavy atom. The number of hydrogen-bond donors (Lipinski definition) is 1. The largest absolute Gasteiger partial charge is 0.497 e. The maximum Gasteiger partial charge on any atom is 0.220 e. The van der Waals surface area contributed by atoms with Crippen LogP contribution in [0.5, 0.6) is 5.75 Å². The SMILES string of the molecule is COc1ccc([C@@H](C)NC(=O)CCc2ccc(C)cc2)cc1. The summed E-state index contributed by atoms with van der Waals surface area (Å²) in [5.41, 5.74) is 3.50. The molecule has 0 fully saturated rings. The zero-order valence-electron chi connectivity index (χ0n) is 13.4. The summed E-state index contributed by atoms with van der Waals surface area (Å²) in [6, 6.07) is 16.1. The van der Waals surface area contributed by atoms with Crippen LogP contribution in [0.3, 0.4) is 0 Å². The number of carbonyl (C=O) groups is 1. The average molecular weight is 297 g/mol. The van der Waals surface area contributed by atoms with Crippen molar-refractivity contribution in [3.05, 3.63) is 65.2 Å². The first kappa shape index (κ1) is 16.1. The molecular weight excluding hydrogens is 274 g/mol. The fourth-order valence-electron chi connectivity index (χ4n) is 2.30. The monoisotopic (exact) mass is 297 g/mol. The van der Waals surface area contributed by atoms with Gasteiger partial charge in [-0.2, -0.15) is 0 Å². The van der Waals surface area contributed by atoms with Crippen LogP contribution in [0.15, 0.2) is 48.5 Å². The van der Waals surface area contributed by atoms with Crippen molar-refractivity contribution in [2.45, 2.75) is 32.7 Å². The predicted molar refractivity (Wildman–Crippen MR) is 89.1 cm³/mol. The van der Waals surface area contributed by atoms with Gasteiger partial charge in [0.25, 0.3) is 0 Å². The van der Waals surface area contributed by atoms with Crippen LogP contribution in [0, 0.1) is 6.92 Å². The lowest BCUT2D eigenvalue weighted by Crippen LogP contribution is -2.26. The molecular formula is C19H23NO2. The van der Waals surface area contributed by atoms with Crippen molar-refractivity contribution in [1.82, 2.24) is 5.32 Å². The Morgan fingerprint density at radius 2 is 1.73 bits per heavy atom. The van der Waals surface area contributed by atoms with Gasteiger partial charge in [-0.25, -0.2) is 0 Å². The minimum absolute atomic E-state index is 0.00331. The summed E-state index contributed by atoms with van der Waals surface area (Å²) < 4.78 is 5.14. The molecule has 0 aromatic heterocycles. The maximum atomic E-state index is 12.1. The highest BCUT2D eigenvalue weighted by Crippen LogP contribution is 2.17. The van der Waals surface area contributed by atoms with Gasteiger partial charge in [-0.3, -0.25) is 4.79 Å². The topological polar surface area (TPSA) is 38.3 Å². The molecule has 2 rings (SSSR count). The van der Waals surface area contributed by atoms with E-state index >= 15 is 0 Å². The number of ether oxygens (including phenoxy) is 1. The molecule has 0 radical (unpaired) electrons. The van der Waals surface area contributed by atoms with Gasteiger partial charge in [0.2, 0.25) is 5.91 Å². The molecule has 0 aliphatic rings. The molecule has 3 nitrogen and oxygen atoms in total. The predicted octanol–water partition coefficient (Wildman–Crippen LogP) is 3.81. The van der Waals surface area contributed by atoms with E-state index in [0.29, 0.717) is 6.42 Å². The molecule has 0 unspecified atom stereocenters. The third kappa shape index (κ3) is 4.62. The molecule has 0 saturated heterocycles. The molecule has 0 aliphatic carbocycles. The minimum atomic E-state index is -0.00331. The molecule has 0 heterocycles. The molecule has 2 aromatic carbocycles. The molecule has 0 spiro atoms. The lowest BCUT2D eigenvalue weighted by molar-refractivity contribution is -0.121. The van der Waals surface area contributed by atoms with E-state index in [1.54, 1.807) is 7.11 Å². The van der Waals surface area contributed by atoms with E-state index in [9.17, 15) is 4.79 Å². The van der Waals surface area contributed by atoms with Crippen LogP contribution in [0.2, 0.25) is 0 Å². The summed E-state index contributed by atoms with van der Waals surface area (Å²) in [5.74, 6) is 0.894. The minimum Gasteiger partial charge on any atom is -0.497 e. The van der Waals surface area contributed by atoms with Crippen LogP contribution in [0.25, 0.3) is 0 Å². The van der Waals surface area contributed by atoms with E-state index in [1.807, 2.05) is 31.2 Å². The molecule has 2 aromatic rings. The van der Waals surface area contributed by atoms with Crippen LogP contribution >= 0.6 is 0 Å². The number of rotatable bonds is 6. The third-order valence-corrected chi connectivity index (χ3v) is 3.75. The van der Waals surface area contributed by atoms with E-state index < -0.39 is 0 Å². The van der Waals surface area contributed by atoms with Crippen LogP contribution in [0.4, 0.5) is 0 Å². The molecule has 0 bridgehead atoms. The van der Waals surface area contributed by atoms with Crippen LogP contribution in [-0.2, 0) is 11.2 Å². The van der Waals surface area contributed by atoms with E-state index in [-0.39, 0.29) is 11.9 Å². The molecule has 1 amide bonds. The van der Waals surface area contributed by atoms with Crippen molar-refractivity contribution in [2.75, 3.05) is 7.11 Å². The Balaban J connectivity index is 1.83. The number of amides is 1. The van der Waals surface area contributed by atoms with E-state index in [1.165, 1.54) is 11.1 Å². The summed E-state index contributed by atoms with van der Waals surface area (Å²) in [5, 5.41) is 3.04. The number of aryl methyl sites for hydroxylation is 2. The number of methoxy groups -OCH3 is 1. The van der Waals surface area contributed by atoms with Crippen molar-refractivity contribution < 1.29 is 9.53 Å². The molecule has 3 heteroatoms. The summed E-state index contributed by atoms with van der Waals surface area (Å²) in [4.78, 5) is 12.1. The van der Waals surface area contributed by atoms with Crippen LogP contribution in [0.1, 0.15) is 36.1 Å². The lowest BCUT2D eigenvalue weighted by Gasteiger charge is -2.15. The second kappa shape index (κ2) is 7.64. The van der Waals surface area contributed by atoms with Gasteiger partial charge in [-0.15, -0.1) is 0 Å². The van der Waals surface area contributed by atoms with E-state index in [2.05, 4.69) is 36.5 Å². The van der Waals surface area contributed by atoms with Gasteiger partial charge < -0.3 is 10.1 Å². The smallest absolute Gasteiger partial charge is 0.220 e. The maximum absolute atomic E-state index is 12.1. The standard InChI is InChI=1S/C19H23NO2/c1-14-4-6-16(7-5-14)8-13-19(21)20-15(2)17-9-11-18(22-3)12-10-17/h4-7,9-12,15H,8,13H2,1-3H3,(H,20,21)/t15-/m1/s1. The van der Waals surface area contributed by atoms with Crippen molar-refractivity contribution in [3.63, 3.8) is 0 Å². The van der Waals surface area contributed by atoms with Crippen molar-refractivity contribution in [3.8, 4) is 5.75 Å². The fourth-order valence-corrected chi connectivity index (χ4v) is 2.30. The summed E-state index contributed by atoms with van der Waals surface area (Å²) in [7, 11) is 1.64. The Labute approximate surface area is 132 Å². The first-order chi connectivity index (χ1) is 10.6. The Hall–Kier alpha value is -2.29. The Morgan fingerprint density at radius 1 is 1.09 bits per heavy atom. The zero-order valence-corrected chi connectivity index (χ0v) is 13.4. The molecule has 0 saturated carbocycles. The van der Waals surface area contributed by atoms with E-state index in [0.717, 1.165) is 17.7 Å². The highest BCUT2D eigenvalue weighted by Gasteiger charge is 2.09. The first-order valence-corrected chi connectivity index (χ1v) is 7.57. The number of carbonyl (C=O) groups excluding carboxylic acids is 1. The Bertz CT molecular complexity index is 602. The zero-order chi connectivity index (χ0) is 15.9. The third-order valence-electron chi connectivity index (χ3n) is 3.75. The lowest BCUT2D eigenvalue weighted by atomic mass is 10.1. The summed E-state index contributed by atoms with van der Waals surface area (Å²) in [6.45, 7) is 4.05. The molecule has 0 aliphatic heterocycles. The fraction of sp³-hybridized carbons (Fsp3) is 0.316. The second-order valence-electron chi connectivity index (χ2n) is 5.55. The summed E-state index contributed by atoms with van der Waals surface area (Å²) in [6.07, 6.45) is 1.27. The van der Waals surface area contributed by atoms with E-state index in [4.69, 9.17) is 4.74 Å². The van der Waals surface area contributed by atoms with Crippen LogP contribution in [-0.4, -0.2) is 13.0 Å². The van der Waals surface area contributed by atoms with Crippen LogP contribution < -0.4 is 10.1 Å². The van der Waals surface area contributed by atoms with Gasteiger partial charge in [0.05, 0.1) is 13.2 Å². The van der Waals surface area contributed by atoms with Crippen molar-refractivity contribution >= 4 is 5.91 Å². The molecule has 116 valence electrons. The highest BCUT2D eigenvalue weighted by molar-refractivity contribution is 5.76. The highest BCUT2D eigenvalue weighted by atomic mass is 16.5.